The minimum Gasteiger partial charge on any atom is -0.364 e. The van der Waals surface area contributed by atoms with E-state index in [1.807, 2.05) is 11.8 Å². The third kappa shape index (κ3) is 3.00. The Morgan fingerprint density at radius 1 is 1.32 bits per heavy atom. The first-order valence-corrected chi connectivity index (χ1v) is 6.27. The summed E-state index contributed by atoms with van der Waals surface area (Å²) in [6.07, 6.45) is -3.69. The summed E-state index contributed by atoms with van der Waals surface area (Å²) in [4.78, 5) is 1.84. The number of nitrogens with one attached hydrogen (secondary N) is 1. The van der Waals surface area contributed by atoms with Crippen LogP contribution in [0.1, 0.15) is 18.9 Å². The highest BCUT2D eigenvalue weighted by atomic mass is 19.4. The highest BCUT2D eigenvalue weighted by molar-refractivity contribution is 5.51. The average molecular weight is 276 g/mol. The van der Waals surface area contributed by atoms with E-state index in [1.54, 1.807) is 0 Å². The first-order chi connectivity index (χ1) is 8.93. The minimum absolute atomic E-state index is 0.159. The van der Waals surface area contributed by atoms with Crippen molar-refractivity contribution in [3.8, 4) is 0 Å². The lowest BCUT2D eigenvalue weighted by Gasteiger charge is -2.40. The van der Waals surface area contributed by atoms with Crippen LogP contribution in [-0.2, 0) is 6.18 Å². The molecule has 1 aromatic carbocycles. The van der Waals surface area contributed by atoms with Crippen LogP contribution in [0.25, 0.3) is 0 Å². The van der Waals surface area contributed by atoms with Gasteiger partial charge in [0.25, 0.3) is 0 Å². The van der Waals surface area contributed by atoms with E-state index >= 15 is 0 Å². The molecule has 1 aliphatic rings. The largest absolute Gasteiger partial charge is 0.416 e. The van der Waals surface area contributed by atoms with Crippen LogP contribution in [0.2, 0.25) is 0 Å². The molecule has 0 amide bonds. The third-order valence-electron chi connectivity index (χ3n) is 3.25. The van der Waals surface area contributed by atoms with Crippen molar-refractivity contribution in [1.29, 1.82) is 0 Å². The zero-order valence-corrected chi connectivity index (χ0v) is 10.6. The molecule has 0 bridgehead atoms. The summed E-state index contributed by atoms with van der Waals surface area (Å²) in [5.74, 6) is -0.810. The van der Waals surface area contributed by atoms with E-state index < -0.39 is 17.6 Å². The second kappa shape index (κ2) is 5.36. The van der Waals surface area contributed by atoms with Gasteiger partial charge in [0.05, 0.1) is 17.3 Å². The molecule has 1 aliphatic heterocycles. The van der Waals surface area contributed by atoms with Gasteiger partial charge >= 0.3 is 6.18 Å². The zero-order chi connectivity index (χ0) is 14.0. The Hall–Kier alpha value is -1.30. The van der Waals surface area contributed by atoms with Gasteiger partial charge in [-0.1, -0.05) is 6.92 Å². The summed E-state index contributed by atoms with van der Waals surface area (Å²) >= 11 is 0. The zero-order valence-electron chi connectivity index (χ0n) is 10.6. The molecular weight excluding hydrogens is 260 g/mol. The van der Waals surface area contributed by atoms with Gasteiger partial charge in [-0.2, -0.15) is 13.2 Å². The number of alkyl halides is 3. The topological polar surface area (TPSA) is 15.3 Å². The highest BCUT2D eigenvalue weighted by Crippen LogP contribution is 2.33. The third-order valence-corrected chi connectivity index (χ3v) is 3.25. The van der Waals surface area contributed by atoms with Crippen LogP contribution in [0.5, 0.6) is 0 Å². The predicted octanol–water partition coefficient (Wildman–Crippen LogP) is 3.03. The number of hydrogen-bond acceptors (Lipinski definition) is 2. The second-order valence-electron chi connectivity index (χ2n) is 4.67. The van der Waals surface area contributed by atoms with Crippen LogP contribution in [0.3, 0.4) is 0 Å². The van der Waals surface area contributed by atoms with Crippen molar-refractivity contribution in [2.75, 3.05) is 24.5 Å². The SMILES string of the molecule is CCCN(c1ccc(C(F)(F)F)cc1F)C1CNC1. The van der Waals surface area contributed by atoms with E-state index in [-0.39, 0.29) is 11.7 Å². The van der Waals surface area contributed by atoms with Crippen molar-refractivity contribution in [1.82, 2.24) is 5.32 Å². The Bertz CT molecular complexity index is 441. The van der Waals surface area contributed by atoms with Crippen molar-refractivity contribution in [2.24, 2.45) is 0 Å². The fourth-order valence-corrected chi connectivity index (χ4v) is 2.15. The molecule has 19 heavy (non-hydrogen) atoms. The predicted molar refractivity (Wildman–Crippen MR) is 65.7 cm³/mol. The lowest BCUT2D eigenvalue weighted by Crippen LogP contribution is -2.57. The van der Waals surface area contributed by atoms with E-state index in [0.717, 1.165) is 25.6 Å². The maximum atomic E-state index is 13.9. The standard InChI is InChI=1S/C13H16F4N2/c1-2-5-19(10-7-18-8-10)12-4-3-9(6-11(12)14)13(15,16)17/h3-4,6,10,18H,2,5,7-8H2,1H3. The van der Waals surface area contributed by atoms with Crippen LogP contribution in [0.15, 0.2) is 18.2 Å². The summed E-state index contributed by atoms with van der Waals surface area (Å²) in [7, 11) is 0. The number of halogens is 4. The van der Waals surface area contributed by atoms with Gasteiger partial charge in [-0.15, -0.1) is 0 Å². The van der Waals surface area contributed by atoms with Crippen LogP contribution < -0.4 is 10.2 Å². The lowest BCUT2D eigenvalue weighted by atomic mass is 10.1. The molecule has 1 aromatic rings. The summed E-state index contributed by atoms with van der Waals surface area (Å²) in [5.41, 5.74) is -0.696. The van der Waals surface area contributed by atoms with Crippen molar-refractivity contribution < 1.29 is 17.6 Å². The first kappa shape index (κ1) is 14.1. The fraction of sp³-hybridized carbons (Fsp3) is 0.538. The van der Waals surface area contributed by atoms with Crippen LogP contribution in [-0.4, -0.2) is 25.7 Å². The molecule has 0 aliphatic carbocycles. The molecular formula is C13H16F4N2. The molecule has 0 spiro atoms. The maximum absolute atomic E-state index is 13.9. The van der Waals surface area contributed by atoms with Crippen LogP contribution >= 0.6 is 0 Å². The van der Waals surface area contributed by atoms with Gasteiger partial charge in [0.1, 0.15) is 5.82 Å². The molecule has 2 nitrogen and oxygen atoms in total. The first-order valence-electron chi connectivity index (χ1n) is 6.27. The number of anilines is 1. The van der Waals surface area contributed by atoms with E-state index in [4.69, 9.17) is 0 Å². The van der Waals surface area contributed by atoms with Gasteiger partial charge in [0.2, 0.25) is 0 Å². The normalized spacial score (nSPS) is 16.3. The smallest absolute Gasteiger partial charge is 0.364 e. The summed E-state index contributed by atoms with van der Waals surface area (Å²) < 4.78 is 51.4. The van der Waals surface area contributed by atoms with E-state index in [2.05, 4.69) is 5.32 Å². The van der Waals surface area contributed by atoms with E-state index in [0.29, 0.717) is 12.6 Å². The number of rotatable bonds is 4. The molecule has 6 heteroatoms. The highest BCUT2D eigenvalue weighted by Gasteiger charge is 2.32. The van der Waals surface area contributed by atoms with Gasteiger partial charge in [0.15, 0.2) is 0 Å². The van der Waals surface area contributed by atoms with Gasteiger partial charge in [-0.05, 0) is 24.6 Å². The van der Waals surface area contributed by atoms with Crippen molar-refractivity contribution in [3.05, 3.63) is 29.6 Å². The summed E-state index contributed by atoms with van der Waals surface area (Å²) in [6.45, 7) is 4.07. The van der Waals surface area contributed by atoms with Crippen molar-refractivity contribution >= 4 is 5.69 Å². The molecule has 1 fully saturated rings. The molecule has 0 atom stereocenters. The number of nitrogens with zero attached hydrogens (tertiary/aromatic N) is 1. The van der Waals surface area contributed by atoms with Crippen molar-refractivity contribution in [2.45, 2.75) is 25.6 Å². The molecule has 106 valence electrons. The monoisotopic (exact) mass is 276 g/mol. The molecule has 2 rings (SSSR count). The fourth-order valence-electron chi connectivity index (χ4n) is 2.15. The van der Waals surface area contributed by atoms with Crippen LogP contribution in [0.4, 0.5) is 23.2 Å². The van der Waals surface area contributed by atoms with E-state index in [1.165, 1.54) is 6.07 Å². The van der Waals surface area contributed by atoms with Gasteiger partial charge in [0, 0.05) is 19.6 Å². The minimum atomic E-state index is -4.51. The Balaban J connectivity index is 2.27. The Kier molecular flexibility index (Phi) is 3.99. The van der Waals surface area contributed by atoms with Crippen molar-refractivity contribution in [3.63, 3.8) is 0 Å². The molecule has 0 aromatic heterocycles. The quantitative estimate of drug-likeness (QED) is 0.850. The maximum Gasteiger partial charge on any atom is 0.416 e. The molecule has 1 saturated heterocycles. The molecule has 1 N–H and O–H groups in total. The van der Waals surface area contributed by atoms with Gasteiger partial charge in [-0.25, -0.2) is 4.39 Å². The van der Waals surface area contributed by atoms with Crippen LogP contribution in [0, 0.1) is 5.82 Å². The Labute approximate surface area is 109 Å². The molecule has 0 radical (unpaired) electrons. The molecule has 0 unspecified atom stereocenters. The number of benzene rings is 1. The summed E-state index contributed by atoms with van der Waals surface area (Å²) in [5, 5.41) is 3.08. The summed E-state index contributed by atoms with van der Waals surface area (Å²) in [6, 6.07) is 2.90. The van der Waals surface area contributed by atoms with Gasteiger partial charge < -0.3 is 10.2 Å². The van der Waals surface area contributed by atoms with Gasteiger partial charge in [-0.3, -0.25) is 0 Å². The Morgan fingerprint density at radius 2 is 2.00 bits per heavy atom. The lowest BCUT2D eigenvalue weighted by molar-refractivity contribution is -0.137. The number of hydrogen-bond donors (Lipinski definition) is 1. The van der Waals surface area contributed by atoms with E-state index in [9.17, 15) is 17.6 Å². The average Bonchev–Trinajstić information content (AvgIpc) is 2.24. The molecule has 0 saturated carbocycles. The Morgan fingerprint density at radius 3 is 2.42 bits per heavy atom. The second-order valence-corrected chi connectivity index (χ2v) is 4.67. The molecule has 1 heterocycles.